The van der Waals surface area contributed by atoms with Crippen LogP contribution in [0, 0.1) is 0 Å². The van der Waals surface area contributed by atoms with E-state index in [0.717, 1.165) is 24.1 Å². The summed E-state index contributed by atoms with van der Waals surface area (Å²) >= 11 is 0. The van der Waals surface area contributed by atoms with Crippen molar-refractivity contribution in [2.24, 2.45) is 0 Å². The van der Waals surface area contributed by atoms with Gasteiger partial charge in [0.2, 0.25) is 0 Å². The number of aromatic carboxylic acids is 1. The van der Waals surface area contributed by atoms with Crippen LogP contribution in [-0.4, -0.2) is 20.9 Å². The van der Waals surface area contributed by atoms with Gasteiger partial charge in [0.1, 0.15) is 0 Å². The Kier molecular flexibility index (Phi) is 5.55. The van der Waals surface area contributed by atoms with Crippen molar-refractivity contribution >= 4 is 5.97 Å². The van der Waals surface area contributed by atoms with Crippen LogP contribution in [0.3, 0.4) is 0 Å². The number of benzene rings is 1. The van der Waals surface area contributed by atoms with Gasteiger partial charge in [-0.25, -0.2) is 4.79 Å². The Morgan fingerprint density at radius 3 is 2.48 bits per heavy atom. The lowest BCUT2D eigenvalue weighted by molar-refractivity contribution is 0.0697. The van der Waals surface area contributed by atoms with E-state index in [1.165, 1.54) is 25.7 Å². The van der Waals surface area contributed by atoms with E-state index in [1.807, 2.05) is 29.2 Å². The Morgan fingerprint density at radius 1 is 1.10 bits per heavy atom. The number of carboxylic acid groups (broad SMARTS) is 1. The average molecular weight is 286 g/mol. The fourth-order valence-electron chi connectivity index (χ4n) is 2.32. The van der Waals surface area contributed by atoms with E-state index in [-0.39, 0.29) is 0 Å². The van der Waals surface area contributed by atoms with Crippen LogP contribution >= 0.6 is 0 Å². The molecule has 1 N–H and O–H groups in total. The highest BCUT2D eigenvalue weighted by Gasteiger charge is 2.05. The lowest BCUT2D eigenvalue weighted by atomic mass is 10.1. The molecule has 0 amide bonds. The normalized spacial score (nSPS) is 10.7. The maximum Gasteiger partial charge on any atom is 0.335 e. The van der Waals surface area contributed by atoms with Gasteiger partial charge >= 0.3 is 5.97 Å². The second kappa shape index (κ2) is 7.62. The summed E-state index contributed by atoms with van der Waals surface area (Å²) in [7, 11) is 0. The first-order valence-electron chi connectivity index (χ1n) is 7.57. The second-order valence-corrected chi connectivity index (χ2v) is 5.29. The predicted molar refractivity (Wildman–Crippen MR) is 83.4 cm³/mol. The summed E-state index contributed by atoms with van der Waals surface area (Å²) in [5.41, 5.74) is 2.33. The molecule has 0 aliphatic rings. The summed E-state index contributed by atoms with van der Waals surface area (Å²) in [6, 6.07) is 6.90. The molecule has 0 fully saturated rings. The van der Waals surface area contributed by atoms with Crippen LogP contribution in [0.1, 0.15) is 49.4 Å². The molecule has 1 aromatic heterocycles. The smallest absolute Gasteiger partial charge is 0.335 e. The zero-order valence-corrected chi connectivity index (χ0v) is 12.5. The fourth-order valence-corrected chi connectivity index (χ4v) is 2.32. The van der Waals surface area contributed by atoms with Gasteiger partial charge in [0.25, 0.3) is 0 Å². The summed E-state index contributed by atoms with van der Waals surface area (Å²) < 4.78 is 1.96. The highest BCUT2D eigenvalue weighted by atomic mass is 16.4. The van der Waals surface area contributed by atoms with E-state index < -0.39 is 5.97 Å². The Labute approximate surface area is 125 Å². The Morgan fingerprint density at radius 2 is 1.81 bits per heavy atom. The van der Waals surface area contributed by atoms with Crippen LogP contribution < -0.4 is 0 Å². The lowest BCUT2D eigenvalue weighted by Crippen LogP contribution is -1.97. The monoisotopic (exact) mass is 286 g/mol. The quantitative estimate of drug-likeness (QED) is 0.739. The molecule has 0 aliphatic heterocycles. The highest BCUT2D eigenvalue weighted by Crippen LogP contribution is 2.19. The minimum Gasteiger partial charge on any atom is -0.478 e. The fraction of sp³-hybridized carbons (Fsp3) is 0.412. The predicted octanol–water partition coefficient (Wildman–Crippen LogP) is 4.22. The molecule has 1 heterocycles. The molecule has 0 saturated carbocycles. The van der Waals surface area contributed by atoms with Crippen LogP contribution in [-0.2, 0) is 6.54 Å². The summed E-state index contributed by atoms with van der Waals surface area (Å²) in [6.45, 7) is 3.16. The third-order valence-corrected chi connectivity index (χ3v) is 3.59. The van der Waals surface area contributed by atoms with Gasteiger partial charge in [0, 0.05) is 18.3 Å². The molecule has 0 spiro atoms. The number of nitrogens with zero attached hydrogens (tertiary/aromatic N) is 2. The summed E-state index contributed by atoms with van der Waals surface area (Å²) in [6.07, 6.45) is 10.1. The van der Waals surface area contributed by atoms with E-state index in [9.17, 15) is 4.79 Å². The van der Waals surface area contributed by atoms with Crippen molar-refractivity contribution in [3.8, 4) is 11.1 Å². The zero-order valence-electron chi connectivity index (χ0n) is 12.5. The molecule has 0 atom stereocenters. The Hall–Kier alpha value is -2.10. The third-order valence-electron chi connectivity index (χ3n) is 3.59. The molecular formula is C17H22N2O2. The molecule has 0 radical (unpaired) electrons. The van der Waals surface area contributed by atoms with Gasteiger partial charge in [0.05, 0.1) is 11.8 Å². The molecule has 4 nitrogen and oxygen atoms in total. The first-order chi connectivity index (χ1) is 10.2. The molecular weight excluding hydrogens is 264 g/mol. The molecule has 0 saturated heterocycles. The number of hydrogen-bond donors (Lipinski definition) is 1. The largest absolute Gasteiger partial charge is 0.478 e. The standard InChI is InChI=1S/C17H22N2O2/c1-2-3-4-5-6-11-19-13-16(12-18-19)14-7-9-15(10-8-14)17(20)21/h7-10,12-13H,2-6,11H2,1H3,(H,20,21). The number of aryl methyl sites for hydroxylation is 1. The number of carbonyl (C=O) groups is 1. The number of rotatable bonds is 8. The van der Waals surface area contributed by atoms with Gasteiger partial charge in [-0.1, -0.05) is 44.7 Å². The third kappa shape index (κ3) is 4.45. The Balaban J connectivity index is 1.91. The summed E-state index contributed by atoms with van der Waals surface area (Å²) in [4.78, 5) is 10.8. The maximum absolute atomic E-state index is 10.8. The van der Waals surface area contributed by atoms with Crippen LogP contribution in [0.25, 0.3) is 11.1 Å². The van der Waals surface area contributed by atoms with Crippen LogP contribution in [0.5, 0.6) is 0 Å². The van der Waals surface area contributed by atoms with Crippen molar-refractivity contribution in [1.82, 2.24) is 9.78 Å². The first-order valence-corrected chi connectivity index (χ1v) is 7.57. The van der Waals surface area contributed by atoms with Gasteiger partial charge in [-0.15, -0.1) is 0 Å². The van der Waals surface area contributed by atoms with Gasteiger partial charge < -0.3 is 5.11 Å². The number of carboxylic acids is 1. The van der Waals surface area contributed by atoms with E-state index in [1.54, 1.807) is 12.1 Å². The van der Waals surface area contributed by atoms with Crippen LogP contribution in [0.2, 0.25) is 0 Å². The van der Waals surface area contributed by atoms with E-state index in [4.69, 9.17) is 5.11 Å². The molecule has 21 heavy (non-hydrogen) atoms. The molecule has 0 aliphatic carbocycles. The number of hydrogen-bond acceptors (Lipinski definition) is 2. The lowest BCUT2D eigenvalue weighted by Gasteiger charge is -2.01. The van der Waals surface area contributed by atoms with E-state index in [2.05, 4.69) is 12.0 Å². The first kappa shape index (κ1) is 15.3. The van der Waals surface area contributed by atoms with Crippen molar-refractivity contribution in [3.05, 3.63) is 42.2 Å². The summed E-state index contributed by atoms with van der Waals surface area (Å²) in [5, 5.41) is 13.3. The minimum absolute atomic E-state index is 0.307. The van der Waals surface area contributed by atoms with Gasteiger partial charge in [-0.2, -0.15) is 5.10 Å². The SMILES string of the molecule is CCCCCCCn1cc(-c2ccc(C(=O)O)cc2)cn1. The average Bonchev–Trinajstić information content (AvgIpc) is 2.96. The number of aromatic nitrogens is 2. The molecule has 0 bridgehead atoms. The topological polar surface area (TPSA) is 55.1 Å². The highest BCUT2D eigenvalue weighted by molar-refractivity contribution is 5.88. The van der Waals surface area contributed by atoms with Gasteiger partial charge in [-0.05, 0) is 24.1 Å². The maximum atomic E-state index is 10.8. The van der Waals surface area contributed by atoms with Crippen LogP contribution in [0.4, 0.5) is 0 Å². The molecule has 112 valence electrons. The molecule has 2 aromatic rings. The molecule has 0 unspecified atom stereocenters. The van der Waals surface area contributed by atoms with Crippen LogP contribution in [0.15, 0.2) is 36.7 Å². The van der Waals surface area contributed by atoms with Crippen molar-refractivity contribution in [2.75, 3.05) is 0 Å². The minimum atomic E-state index is -0.899. The van der Waals surface area contributed by atoms with Crippen molar-refractivity contribution in [2.45, 2.75) is 45.6 Å². The molecule has 4 heteroatoms. The van der Waals surface area contributed by atoms with E-state index >= 15 is 0 Å². The number of unbranched alkanes of at least 4 members (excludes halogenated alkanes) is 4. The second-order valence-electron chi connectivity index (χ2n) is 5.29. The van der Waals surface area contributed by atoms with Crippen molar-refractivity contribution in [3.63, 3.8) is 0 Å². The zero-order chi connectivity index (χ0) is 15.1. The van der Waals surface area contributed by atoms with Gasteiger partial charge in [-0.3, -0.25) is 4.68 Å². The van der Waals surface area contributed by atoms with E-state index in [0.29, 0.717) is 5.56 Å². The van der Waals surface area contributed by atoms with Gasteiger partial charge in [0.15, 0.2) is 0 Å². The van der Waals surface area contributed by atoms with Crippen molar-refractivity contribution in [1.29, 1.82) is 0 Å². The summed E-state index contributed by atoms with van der Waals surface area (Å²) in [5.74, 6) is -0.899. The molecule has 2 rings (SSSR count). The van der Waals surface area contributed by atoms with Crippen molar-refractivity contribution < 1.29 is 9.90 Å². The molecule has 1 aromatic carbocycles. The Bertz CT molecular complexity index is 573.